The first-order valence-corrected chi connectivity index (χ1v) is 7.25. The van der Waals surface area contributed by atoms with Gasteiger partial charge in [0.15, 0.2) is 0 Å². The van der Waals surface area contributed by atoms with Crippen LogP contribution in [0.5, 0.6) is 0 Å². The maximum Gasteiger partial charge on any atom is 0.222 e. The van der Waals surface area contributed by atoms with E-state index in [9.17, 15) is 4.79 Å². The molecule has 0 aromatic heterocycles. The van der Waals surface area contributed by atoms with Crippen LogP contribution in [0.3, 0.4) is 0 Å². The van der Waals surface area contributed by atoms with E-state index in [1.54, 1.807) is 7.11 Å². The molecule has 0 aromatic carbocycles. The van der Waals surface area contributed by atoms with Crippen molar-refractivity contribution in [2.24, 2.45) is 11.7 Å². The number of nitrogens with one attached hydrogen (secondary N) is 1. The van der Waals surface area contributed by atoms with Crippen LogP contribution in [0.2, 0.25) is 0 Å². The van der Waals surface area contributed by atoms with Gasteiger partial charge in [-0.3, -0.25) is 4.79 Å². The van der Waals surface area contributed by atoms with Gasteiger partial charge in [0.05, 0.1) is 12.5 Å². The third-order valence-corrected chi connectivity index (χ3v) is 3.85. The number of rotatable bonds is 9. The smallest absolute Gasteiger partial charge is 0.222 e. The summed E-state index contributed by atoms with van der Waals surface area (Å²) < 4.78 is 5.08. The van der Waals surface area contributed by atoms with Gasteiger partial charge in [-0.05, 0) is 12.3 Å². The maximum absolute atomic E-state index is 11.5. The fourth-order valence-corrected chi connectivity index (χ4v) is 2.63. The predicted octanol–water partition coefficient (Wildman–Crippen LogP) is 2.25. The molecule has 19 heavy (non-hydrogen) atoms. The standard InChI is InChI=1S/C14H28N2O2.ClH/c1-18-13(11-15)10-14(17)16-9-5-4-8-12-6-2-3-7-12;/h12-13H,2-11,15H2,1H3,(H,16,17);1H. The number of amides is 1. The van der Waals surface area contributed by atoms with Crippen molar-refractivity contribution in [2.45, 2.75) is 57.5 Å². The van der Waals surface area contributed by atoms with Crippen LogP contribution >= 0.6 is 12.4 Å². The Kier molecular flexibility index (Phi) is 11.3. The van der Waals surface area contributed by atoms with Crippen molar-refractivity contribution < 1.29 is 9.53 Å². The second-order valence-electron chi connectivity index (χ2n) is 5.29. The molecular weight excluding hydrogens is 264 g/mol. The van der Waals surface area contributed by atoms with Crippen LogP contribution in [-0.4, -0.2) is 32.2 Å². The topological polar surface area (TPSA) is 64.3 Å². The summed E-state index contributed by atoms with van der Waals surface area (Å²) in [6, 6.07) is 0. The summed E-state index contributed by atoms with van der Waals surface area (Å²) in [6.07, 6.45) is 9.53. The molecule has 1 rings (SSSR count). The molecule has 1 atom stereocenters. The summed E-state index contributed by atoms with van der Waals surface area (Å²) in [5.41, 5.74) is 5.47. The zero-order valence-electron chi connectivity index (χ0n) is 12.0. The third-order valence-electron chi connectivity index (χ3n) is 3.85. The van der Waals surface area contributed by atoms with E-state index in [2.05, 4.69) is 5.32 Å². The fraction of sp³-hybridized carbons (Fsp3) is 0.929. The number of nitrogens with two attached hydrogens (primary N) is 1. The lowest BCUT2D eigenvalue weighted by Crippen LogP contribution is -2.32. The molecule has 1 saturated carbocycles. The van der Waals surface area contributed by atoms with Gasteiger partial charge in [0.2, 0.25) is 5.91 Å². The largest absolute Gasteiger partial charge is 0.380 e. The Morgan fingerprint density at radius 2 is 2.05 bits per heavy atom. The minimum absolute atomic E-state index is 0. The van der Waals surface area contributed by atoms with E-state index in [1.165, 1.54) is 38.5 Å². The number of carbonyl (C=O) groups excluding carboxylic acids is 1. The molecule has 0 bridgehead atoms. The number of hydrogen-bond donors (Lipinski definition) is 2. The molecule has 0 heterocycles. The van der Waals surface area contributed by atoms with Gasteiger partial charge in [-0.25, -0.2) is 0 Å². The first-order valence-electron chi connectivity index (χ1n) is 7.25. The number of hydrogen-bond acceptors (Lipinski definition) is 3. The van der Waals surface area contributed by atoms with Crippen LogP contribution in [0, 0.1) is 5.92 Å². The van der Waals surface area contributed by atoms with E-state index in [4.69, 9.17) is 10.5 Å². The highest BCUT2D eigenvalue weighted by molar-refractivity contribution is 5.85. The van der Waals surface area contributed by atoms with Gasteiger partial charge in [0, 0.05) is 20.2 Å². The van der Waals surface area contributed by atoms with Crippen molar-refractivity contribution in [3.63, 3.8) is 0 Å². The van der Waals surface area contributed by atoms with E-state index in [-0.39, 0.29) is 24.4 Å². The zero-order chi connectivity index (χ0) is 13.2. The molecule has 0 saturated heterocycles. The maximum atomic E-state index is 11.5. The van der Waals surface area contributed by atoms with Crippen LogP contribution in [0.1, 0.15) is 51.4 Å². The van der Waals surface area contributed by atoms with Crippen molar-refractivity contribution in [3.8, 4) is 0 Å². The van der Waals surface area contributed by atoms with Crippen LogP contribution in [0.15, 0.2) is 0 Å². The number of methoxy groups -OCH3 is 1. The van der Waals surface area contributed by atoms with E-state index in [0.717, 1.165) is 18.9 Å². The number of unbranched alkanes of at least 4 members (excludes halogenated alkanes) is 1. The van der Waals surface area contributed by atoms with Crippen molar-refractivity contribution in [2.75, 3.05) is 20.2 Å². The minimum atomic E-state index is -0.150. The van der Waals surface area contributed by atoms with Crippen molar-refractivity contribution in [3.05, 3.63) is 0 Å². The Hall–Kier alpha value is -0.320. The average molecular weight is 293 g/mol. The summed E-state index contributed by atoms with van der Waals surface area (Å²) in [4.78, 5) is 11.5. The highest BCUT2D eigenvalue weighted by Crippen LogP contribution is 2.28. The molecule has 1 fully saturated rings. The summed E-state index contributed by atoms with van der Waals surface area (Å²) >= 11 is 0. The Morgan fingerprint density at radius 1 is 1.37 bits per heavy atom. The summed E-state index contributed by atoms with van der Waals surface area (Å²) in [7, 11) is 1.59. The predicted molar refractivity (Wildman–Crippen MR) is 80.5 cm³/mol. The lowest BCUT2D eigenvalue weighted by Gasteiger charge is -2.13. The summed E-state index contributed by atoms with van der Waals surface area (Å²) in [5, 5.41) is 2.93. The highest BCUT2D eigenvalue weighted by Gasteiger charge is 2.14. The van der Waals surface area contributed by atoms with Crippen molar-refractivity contribution in [1.29, 1.82) is 0 Å². The second-order valence-corrected chi connectivity index (χ2v) is 5.29. The summed E-state index contributed by atoms with van der Waals surface area (Å²) in [6.45, 7) is 1.18. The molecular formula is C14H29ClN2O2. The lowest BCUT2D eigenvalue weighted by molar-refractivity contribution is -0.123. The molecule has 114 valence electrons. The lowest BCUT2D eigenvalue weighted by atomic mass is 10.0. The van der Waals surface area contributed by atoms with Gasteiger partial charge in [-0.1, -0.05) is 38.5 Å². The van der Waals surface area contributed by atoms with Crippen LogP contribution in [-0.2, 0) is 9.53 Å². The minimum Gasteiger partial charge on any atom is -0.380 e. The monoisotopic (exact) mass is 292 g/mol. The van der Waals surface area contributed by atoms with Gasteiger partial charge < -0.3 is 15.8 Å². The van der Waals surface area contributed by atoms with Gasteiger partial charge in [-0.15, -0.1) is 12.4 Å². The Labute approximate surface area is 123 Å². The molecule has 1 unspecified atom stereocenters. The Morgan fingerprint density at radius 3 is 2.63 bits per heavy atom. The molecule has 1 aliphatic rings. The summed E-state index contributed by atoms with van der Waals surface area (Å²) in [5.74, 6) is 1.00. The normalized spacial score (nSPS) is 16.9. The third kappa shape index (κ3) is 8.45. The van der Waals surface area contributed by atoms with Crippen LogP contribution < -0.4 is 11.1 Å². The molecule has 0 spiro atoms. The first kappa shape index (κ1) is 18.7. The van der Waals surface area contributed by atoms with Crippen molar-refractivity contribution in [1.82, 2.24) is 5.32 Å². The molecule has 0 radical (unpaired) electrons. The van der Waals surface area contributed by atoms with E-state index in [1.807, 2.05) is 0 Å². The molecule has 4 nitrogen and oxygen atoms in total. The molecule has 1 aliphatic carbocycles. The van der Waals surface area contributed by atoms with E-state index in [0.29, 0.717) is 13.0 Å². The van der Waals surface area contributed by atoms with Crippen LogP contribution in [0.4, 0.5) is 0 Å². The van der Waals surface area contributed by atoms with Gasteiger partial charge in [0.1, 0.15) is 0 Å². The second kappa shape index (κ2) is 11.5. The molecule has 0 aromatic rings. The van der Waals surface area contributed by atoms with Crippen molar-refractivity contribution >= 4 is 18.3 Å². The molecule has 0 aliphatic heterocycles. The SMILES string of the molecule is COC(CN)CC(=O)NCCCCC1CCCC1.Cl. The fourth-order valence-electron chi connectivity index (χ4n) is 2.63. The number of halogens is 1. The van der Waals surface area contributed by atoms with Crippen LogP contribution in [0.25, 0.3) is 0 Å². The number of carbonyl (C=O) groups is 1. The Bertz CT molecular complexity index is 229. The van der Waals surface area contributed by atoms with Gasteiger partial charge in [-0.2, -0.15) is 0 Å². The average Bonchev–Trinajstić information content (AvgIpc) is 2.88. The number of ether oxygens (including phenoxy) is 1. The zero-order valence-corrected chi connectivity index (χ0v) is 12.8. The highest BCUT2D eigenvalue weighted by atomic mass is 35.5. The molecule has 1 amide bonds. The van der Waals surface area contributed by atoms with Gasteiger partial charge in [0.25, 0.3) is 0 Å². The molecule has 3 N–H and O–H groups in total. The Balaban J connectivity index is 0.00000324. The quantitative estimate of drug-likeness (QED) is 0.641. The van der Waals surface area contributed by atoms with E-state index >= 15 is 0 Å². The van der Waals surface area contributed by atoms with Gasteiger partial charge >= 0.3 is 0 Å². The first-order chi connectivity index (χ1) is 8.76. The molecule has 5 heteroatoms. The van der Waals surface area contributed by atoms with E-state index < -0.39 is 0 Å².